The number of rotatable bonds is 6. The van der Waals surface area contributed by atoms with Crippen molar-refractivity contribution < 1.29 is 18.4 Å². The van der Waals surface area contributed by atoms with Gasteiger partial charge >= 0.3 is 0 Å². The average molecular weight is 352 g/mol. The molecule has 1 heterocycles. The van der Waals surface area contributed by atoms with Gasteiger partial charge in [-0.1, -0.05) is 24.3 Å². The van der Waals surface area contributed by atoms with E-state index in [1.165, 1.54) is 18.4 Å². The van der Waals surface area contributed by atoms with Crippen LogP contribution in [0.1, 0.15) is 21.7 Å². The predicted octanol–water partition coefficient (Wildman–Crippen LogP) is 3.53. The van der Waals surface area contributed by atoms with Gasteiger partial charge in [-0.15, -0.1) is 0 Å². The molecule has 3 aromatic rings. The van der Waals surface area contributed by atoms with Gasteiger partial charge in [0, 0.05) is 12.2 Å². The van der Waals surface area contributed by atoms with Gasteiger partial charge in [0.2, 0.25) is 5.91 Å². The Hall–Kier alpha value is -3.41. The molecule has 0 aliphatic heterocycles. The highest BCUT2D eigenvalue weighted by atomic mass is 19.1. The fourth-order valence-corrected chi connectivity index (χ4v) is 2.40. The van der Waals surface area contributed by atoms with E-state index in [0.29, 0.717) is 17.8 Å². The zero-order valence-electron chi connectivity index (χ0n) is 13.9. The molecule has 0 saturated carbocycles. The standard InChI is InChI=1S/C20H17FN2O3/c21-16-4-1-3-15(11-16)12-19(24)22-13-14-6-8-17(9-7-14)23-20(25)18-5-2-10-26-18/h1-11H,12-13H2,(H,22,24)(H,23,25). The molecule has 0 fully saturated rings. The Balaban J connectivity index is 1.49. The molecule has 0 spiro atoms. The number of hydrogen-bond donors (Lipinski definition) is 2. The Morgan fingerprint density at radius 1 is 0.962 bits per heavy atom. The van der Waals surface area contributed by atoms with Crippen molar-refractivity contribution in [3.8, 4) is 0 Å². The summed E-state index contributed by atoms with van der Waals surface area (Å²) in [4.78, 5) is 23.8. The van der Waals surface area contributed by atoms with Crippen LogP contribution in [0.5, 0.6) is 0 Å². The maximum Gasteiger partial charge on any atom is 0.291 e. The molecular weight excluding hydrogens is 335 g/mol. The van der Waals surface area contributed by atoms with Crippen molar-refractivity contribution in [3.05, 3.63) is 89.6 Å². The lowest BCUT2D eigenvalue weighted by molar-refractivity contribution is -0.120. The zero-order chi connectivity index (χ0) is 18.4. The molecule has 6 heteroatoms. The summed E-state index contributed by atoms with van der Waals surface area (Å²) in [5.74, 6) is -0.641. The molecule has 132 valence electrons. The summed E-state index contributed by atoms with van der Waals surface area (Å²) in [7, 11) is 0. The minimum absolute atomic E-state index is 0.120. The molecule has 26 heavy (non-hydrogen) atoms. The molecule has 3 rings (SSSR count). The maximum atomic E-state index is 13.1. The second-order valence-corrected chi connectivity index (χ2v) is 5.71. The van der Waals surface area contributed by atoms with Crippen molar-refractivity contribution in [1.29, 1.82) is 0 Å². The maximum absolute atomic E-state index is 13.1. The summed E-state index contributed by atoms with van der Waals surface area (Å²) < 4.78 is 18.1. The van der Waals surface area contributed by atoms with Crippen LogP contribution >= 0.6 is 0 Å². The van der Waals surface area contributed by atoms with Gasteiger partial charge in [-0.3, -0.25) is 9.59 Å². The van der Waals surface area contributed by atoms with Gasteiger partial charge in [-0.25, -0.2) is 4.39 Å². The molecule has 1 aromatic heterocycles. The number of anilines is 1. The Labute approximate surface area is 149 Å². The lowest BCUT2D eigenvalue weighted by Gasteiger charge is -2.07. The van der Waals surface area contributed by atoms with Gasteiger partial charge in [-0.05, 0) is 47.5 Å². The molecule has 0 atom stereocenters. The third kappa shape index (κ3) is 4.80. The first kappa shape index (κ1) is 17.4. The van der Waals surface area contributed by atoms with E-state index in [9.17, 15) is 14.0 Å². The van der Waals surface area contributed by atoms with Crippen LogP contribution in [0.15, 0.2) is 71.3 Å². The average Bonchev–Trinajstić information content (AvgIpc) is 3.16. The van der Waals surface area contributed by atoms with Gasteiger partial charge < -0.3 is 15.1 Å². The SMILES string of the molecule is O=C(Cc1cccc(F)c1)NCc1ccc(NC(=O)c2ccco2)cc1. The molecular formula is C20H17FN2O3. The third-order valence-electron chi connectivity index (χ3n) is 3.70. The molecule has 0 saturated heterocycles. The first-order valence-electron chi connectivity index (χ1n) is 8.05. The van der Waals surface area contributed by atoms with Crippen LogP contribution in [0.4, 0.5) is 10.1 Å². The molecule has 0 unspecified atom stereocenters. The van der Waals surface area contributed by atoms with Crippen LogP contribution in [0.25, 0.3) is 0 Å². The first-order valence-corrected chi connectivity index (χ1v) is 8.05. The van der Waals surface area contributed by atoms with E-state index < -0.39 is 0 Å². The zero-order valence-corrected chi connectivity index (χ0v) is 13.9. The van der Waals surface area contributed by atoms with Crippen molar-refractivity contribution in [3.63, 3.8) is 0 Å². The van der Waals surface area contributed by atoms with Crippen molar-refractivity contribution in [1.82, 2.24) is 5.32 Å². The Morgan fingerprint density at radius 2 is 1.77 bits per heavy atom. The summed E-state index contributed by atoms with van der Waals surface area (Å²) in [6.07, 6.45) is 1.56. The summed E-state index contributed by atoms with van der Waals surface area (Å²) >= 11 is 0. The predicted molar refractivity (Wildman–Crippen MR) is 95.1 cm³/mol. The van der Waals surface area contributed by atoms with Gasteiger partial charge in [0.15, 0.2) is 5.76 Å². The number of halogens is 1. The van der Waals surface area contributed by atoms with Crippen molar-refractivity contribution in [2.45, 2.75) is 13.0 Å². The lowest BCUT2D eigenvalue weighted by Crippen LogP contribution is -2.24. The minimum Gasteiger partial charge on any atom is -0.459 e. The molecule has 2 aromatic carbocycles. The number of carbonyl (C=O) groups is 2. The lowest BCUT2D eigenvalue weighted by atomic mass is 10.1. The highest BCUT2D eigenvalue weighted by Gasteiger charge is 2.09. The monoisotopic (exact) mass is 352 g/mol. The largest absolute Gasteiger partial charge is 0.459 e. The van der Waals surface area contributed by atoms with E-state index in [-0.39, 0.29) is 29.8 Å². The van der Waals surface area contributed by atoms with Gasteiger partial charge in [0.1, 0.15) is 5.82 Å². The van der Waals surface area contributed by atoms with E-state index >= 15 is 0 Å². The quantitative estimate of drug-likeness (QED) is 0.713. The number of carbonyl (C=O) groups excluding carboxylic acids is 2. The number of nitrogens with one attached hydrogen (secondary N) is 2. The van der Waals surface area contributed by atoms with Crippen molar-refractivity contribution in [2.24, 2.45) is 0 Å². The van der Waals surface area contributed by atoms with Gasteiger partial charge in [-0.2, -0.15) is 0 Å². The van der Waals surface area contributed by atoms with Crippen LogP contribution in [0.3, 0.4) is 0 Å². The number of benzene rings is 2. The normalized spacial score (nSPS) is 10.3. The number of furan rings is 1. The molecule has 0 bridgehead atoms. The fraction of sp³-hybridized carbons (Fsp3) is 0.100. The van der Waals surface area contributed by atoms with E-state index in [2.05, 4.69) is 10.6 Å². The Morgan fingerprint density at radius 3 is 2.46 bits per heavy atom. The summed E-state index contributed by atoms with van der Waals surface area (Å²) in [6, 6.07) is 16.3. The topological polar surface area (TPSA) is 71.3 Å². The van der Waals surface area contributed by atoms with E-state index in [4.69, 9.17) is 4.42 Å². The van der Waals surface area contributed by atoms with E-state index in [1.54, 1.807) is 48.5 Å². The summed E-state index contributed by atoms with van der Waals surface area (Å²) in [5, 5.41) is 5.50. The van der Waals surface area contributed by atoms with Crippen LogP contribution in [-0.2, 0) is 17.8 Å². The van der Waals surface area contributed by atoms with Crippen LogP contribution in [0, 0.1) is 5.82 Å². The third-order valence-corrected chi connectivity index (χ3v) is 3.70. The number of hydrogen-bond acceptors (Lipinski definition) is 3. The smallest absolute Gasteiger partial charge is 0.291 e. The van der Waals surface area contributed by atoms with E-state index in [0.717, 1.165) is 5.56 Å². The summed E-state index contributed by atoms with van der Waals surface area (Å²) in [6.45, 7) is 0.348. The van der Waals surface area contributed by atoms with Gasteiger partial charge in [0.05, 0.1) is 12.7 Å². The Kier molecular flexibility index (Phi) is 5.43. The summed E-state index contributed by atoms with van der Waals surface area (Å²) in [5.41, 5.74) is 2.13. The van der Waals surface area contributed by atoms with Crippen molar-refractivity contribution in [2.75, 3.05) is 5.32 Å². The minimum atomic E-state index is -0.359. The van der Waals surface area contributed by atoms with Crippen LogP contribution < -0.4 is 10.6 Å². The first-order chi connectivity index (χ1) is 12.6. The molecule has 5 nitrogen and oxygen atoms in total. The second-order valence-electron chi connectivity index (χ2n) is 5.71. The van der Waals surface area contributed by atoms with Crippen molar-refractivity contribution >= 4 is 17.5 Å². The van der Waals surface area contributed by atoms with Crippen LogP contribution in [-0.4, -0.2) is 11.8 Å². The highest BCUT2D eigenvalue weighted by molar-refractivity contribution is 6.02. The highest BCUT2D eigenvalue weighted by Crippen LogP contribution is 2.12. The number of amides is 2. The van der Waals surface area contributed by atoms with Gasteiger partial charge in [0.25, 0.3) is 5.91 Å². The Bertz CT molecular complexity index is 890. The fourth-order valence-electron chi connectivity index (χ4n) is 2.40. The molecule has 0 radical (unpaired) electrons. The molecule has 2 amide bonds. The van der Waals surface area contributed by atoms with E-state index in [1.807, 2.05) is 0 Å². The molecule has 2 N–H and O–H groups in total. The molecule has 0 aliphatic rings. The second kappa shape index (κ2) is 8.11. The van der Waals surface area contributed by atoms with Crippen LogP contribution in [0.2, 0.25) is 0 Å². The molecule has 0 aliphatic carbocycles.